The molecule has 2 saturated heterocycles. The molecule has 0 saturated carbocycles. The monoisotopic (exact) mass is 557 g/mol. The SMILES string of the molecule is CN(C(=O)N1CC[C@H](n2cnc3cc(-c4ccc(Cl)cc4)sc3c2=O)C1)[C@H]1CCN(C(=O)OC(C)(C)C)C1. The van der Waals surface area contributed by atoms with Gasteiger partial charge < -0.3 is 19.4 Å². The fraction of sp³-hybridized carbons (Fsp3) is 0.481. The van der Waals surface area contributed by atoms with Gasteiger partial charge in [-0.25, -0.2) is 14.6 Å². The van der Waals surface area contributed by atoms with Crippen molar-refractivity contribution in [1.29, 1.82) is 0 Å². The topological polar surface area (TPSA) is 88.0 Å². The molecule has 0 spiro atoms. The maximum atomic E-state index is 13.4. The van der Waals surface area contributed by atoms with Crippen molar-refractivity contribution in [3.05, 3.63) is 52.0 Å². The number of likely N-dealkylation sites (tertiary alicyclic amines) is 2. The number of thiophene rings is 1. The first-order chi connectivity index (χ1) is 18.0. The van der Waals surface area contributed by atoms with Crippen molar-refractivity contribution in [2.75, 3.05) is 33.2 Å². The molecule has 2 atom stereocenters. The normalized spacial score (nSPS) is 19.8. The Kier molecular flexibility index (Phi) is 7.13. The van der Waals surface area contributed by atoms with Crippen molar-refractivity contribution in [2.24, 2.45) is 0 Å². The first-order valence-electron chi connectivity index (χ1n) is 12.8. The molecule has 202 valence electrons. The summed E-state index contributed by atoms with van der Waals surface area (Å²) in [6.45, 7) is 7.52. The van der Waals surface area contributed by atoms with Crippen molar-refractivity contribution in [3.63, 3.8) is 0 Å². The highest BCUT2D eigenvalue weighted by Gasteiger charge is 2.37. The number of urea groups is 1. The molecule has 5 rings (SSSR count). The molecule has 0 N–H and O–H groups in total. The molecule has 2 aliphatic heterocycles. The fourth-order valence-corrected chi connectivity index (χ4v) is 6.19. The Morgan fingerprint density at radius 2 is 1.82 bits per heavy atom. The molecule has 0 bridgehead atoms. The third kappa shape index (κ3) is 5.37. The van der Waals surface area contributed by atoms with E-state index >= 15 is 0 Å². The second-order valence-corrected chi connectivity index (χ2v) is 12.4. The van der Waals surface area contributed by atoms with Crippen LogP contribution in [0, 0.1) is 0 Å². The number of aromatic nitrogens is 2. The highest BCUT2D eigenvalue weighted by Crippen LogP contribution is 2.32. The fourth-order valence-electron chi connectivity index (χ4n) is 5.01. The summed E-state index contributed by atoms with van der Waals surface area (Å²) < 4.78 is 7.74. The van der Waals surface area contributed by atoms with Crippen LogP contribution in [0.4, 0.5) is 9.59 Å². The second-order valence-electron chi connectivity index (χ2n) is 10.9. The van der Waals surface area contributed by atoms with Crippen LogP contribution in [0.2, 0.25) is 5.02 Å². The molecule has 2 aliphatic rings. The number of nitrogens with zero attached hydrogens (tertiary/aromatic N) is 5. The van der Waals surface area contributed by atoms with Gasteiger partial charge >= 0.3 is 12.1 Å². The predicted octanol–water partition coefficient (Wildman–Crippen LogP) is 5.09. The highest BCUT2D eigenvalue weighted by atomic mass is 35.5. The molecule has 38 heavy (non-hydrogen) atoms. The summed E-state index contributed by atoms with van der Waals surface area (Å²) in [6.07, 6.45) is 2.63. The van der Waals surface area contributed by atoms with E-state index in [0.717, 1.165) is 10.4 Å². The van der Waals surface area contributed by atoms with Crippen LogP contribution < -0.4 is 5.56 Å². The second kappa shape index (κ2) is 10.2. The summed E-state index contributed by atoms with van der Waals surface area (Å²) in [5, 5.41) is 0.662. The lowest BCUT2D eigenvalue weighted by Crippen LogP contribution is -2.47. The van der Waals surface area contributed by atoms with Gasteiger partial charge in [0.25, 0.3) is 5.56 Å². The Bertz CT molecular complexity index is 1410. The highest BCUT2D eigenvalue weighted by molar-refractivity contribution is 7.22. The number of hydrogen-bond acceptors (Lipinski definition) is 6. The van der Waals surface area contributed by atoms with Gasteiger partial charge in [0, 0.05) is 43.1 Å². The molecule has 0 radical (unpaired) electrons. The molecular formula is C27H32ClN5O4S. The first-order valence-corrected chi connectivity index (χ1v) is 14.0. The maximum Gasteiger partial charge on any atom is 0.410 e. The number of benzene rings is 1. The van der Waals surface area contributed by atoms with Gasteiger partial charge in [-0.15, -0.1) is 11.3 Å². The molecule has 9 nitrogen and oxygen atoms in total. The Morgan fingerprint density at radius 3 is 2.53 bits per heavy atom. The number of likely N-dealkylation sites (N-methyl/N-ethyl adjacent to an activating group) is 1. The predicted molar refractivity (Wildman–Crippen MR) is 149 cm³/mol. The van der Waals surface area contributed by atoms with Crippen LogP contribution in [-0.2, 0) is 4.74 Å². The molecule has 1 aromatic carbocycles. The summed E-state index contributed by atoms with van der Waals surface area (Å²) in [6, 6.07) is 9.14. The van der Waals surface area contributed by atoms with Crippen molar-refractivity contribution in [2.45, 2.75) is 51.3 Å². The van der Waals surface area contributed by atoms with E-state index in [-0.39, 0.29) is 29.8 Å². The molecule has 2 aromatic heterocycles. The first kappa shape index (κ1) is 26.5. The van der Waals surface area contributed by atoms with Gasteiger partial charge in [0.15, 0.2) is 0 Å². The number of ether oxygens (including phenoxy) is 1. The number of hydrogen-bond donors (Lipinski definition) is 0. The van der Waals surface area contributed by atoms with E-state index in [4.69, 9.17) is 16.3 Å². The third-order valence-electron chi connectivity index (χ3n) is 7.08. The van der Waals surface area contributed by atoms with E-state index in [1.165, 1.54) is 11.3 Å². The summed E-state index contributed by atoms with van der Waals surface area (Å²) in [5.74, 6) is 0. The zero-order valence-corrected chi connectivity index (χ0v) is 23.6. The van der Waals surface area contributed by atoms with Crippen LogP contribution >= 0.6 is 22.9 Å². The maximum absolute atomic E-state index is 13.4. The molecule has 3 amide bonds. The molecule has 2 fully saturated rings. The Hall–Kier alpha value is -3.11. The minimum Gasteiger partial charge on any atom is -0.444 e. The zero-order chi connectivity index (χ0) is 27.2. The molecule has 3 aromatic rings. The standard InChI is InChI=1S/C27H32ClN5O4S/c1-27(2,3)37-26(36)32-12-9-19(14-32)30(4)25(35)31-11-10-20(15-31)33-16-29-21-13-22(38-23(21)24(33)34)17-5-7-18(28)8-6-17/h5-8,13,16,19-20H,9-12,14-15H2,1-4H3/t19-,20-/m0/s1. The minimum absolute atomic E-state index is 0.0767. The van der Waals surface area contributed by atoms with Crippen molar-refractivity contribution in [3.8, 4) is 10.4 Å². The van der Waals surface area contributed by atoms with Crippen LogP contribution in [0.25, 0.3) is 20.7 Å². The van der Waals surface area contributed by atoms with E-state index in [2.05, 4.69) is 4.98 Å². The third-order valence-corrected chi connectivity index (χ3v) is 8.50. The van der Waals surface area contributed by atoms with E-state index in [1.807, 2.05) is 51.1 Å². The number of carbonyl (C=O) groups is 2. The van der Waals surface area contributed by atoms with Crippen molar-refractivity contribution in [1.82, 2.24) is 24.3 Å². The van der Waals surface area contributed by atoms with Crippen LogP contribution in [0.3, 0.4) is 0 Å². The van der Waals surface area contributed by atoms with Crippen LogP contribution in [-0.4, -0.2) is 81.2 Å². The molecule has 11 heteroatoms. The van der Waals surface area contributed by atoms with Gasteiger partial charge in [-0.2, -0.15) is 0 Å². The van der Waals surface area contributed by atoms with Crippen LogP contribution in [0.5, 0.6) is 0 Å². The largest absolute Gasteiger partial charge is 0.444 e. The van der Waals surface area contributed by atoms with E-state index < -0.39 is 5.60 Å². The minimum atomic E-state index is -0.558. The van der Waals surface area contributed by atoms with Gasteiger partial charge in [-0.3, -0.25) is 9.36 Å². The molecule has 0 unspecified atom stereocenters. The van der Waals surface area contributed by atoms with Crippen molar-refractivity contribution >= 4 is 45.3 Å². The van der Waals surface area contributed by atoms with E-state index in [1.54, 1.807) is 32.6 Å². The smallest absolute Gasteiger partial charge is 0.410 e. The van der Waals surface area contributed by atoms with Gasteiger partial charge in [-0.1, -0.05) is 23.7 Å². The van der Waals surface area contributed by atoms with Crippen LogP contribution in [0.15, 0.2) is 41.5 Å². The van der Waals surface area contributed by atoms with Crippen molar-refractivity contribution < 1.29 is 14.3 Å². The van der Waals surface area contributed by atoms with E-state index in [0.29, 0.717) is 54.3 Å². The molecular weight excluding hydrogens is 526 g/mol. The lowest BCUT2D eigenvalue weighted by Gasteiger charge is -2.30. The number of halogens is 1. The average Bonchev–Trinajstić information content (AvgIpc) is 3.62. The Labute approximate surface area is 230 Å². The van der Waals surface area contributed by atoms with E-state index in [9.17, 15) is 14.4 Å². The van der Waals surface area contributed by atoms with Gasteiger partial charge in [0.2, 0.25) is 0 Å². The number of rotatable bonds is 3. The Balaban J connectivity index is 1.25. The summed E-state index contributed by atoms with van der Waals surface area (Å²) in [7, 11) is 1.78. The number of fused-ring (bicyclic) bond motifs is 1. The van der Waals surface area contributed by atoms with Crippen LogP contribution in [0.1, 0.15) is 39.7 Å². The lowest BCUT2D eigenvalue weighted by molar-refractivity contribution is 0.0283. The number of carbonyl (C=O) groups excluding carboxylic acids is 2. The summed E-state index contributed by atoms with van der Waals surface area (Å²) >= 11 is 7.43. The Morgan fingerprint density at radius 1 is 1.11 bits per heavy atom. The lowest BCUT2D eigenvalue weighted by atomic mass is 10.2. The molecule has 4 heterocycles. The van der Waals surface area contributed by atoms with Gasteiger partial charge in [-0.05, 0) is 57.4 Å². The number of amides is 3. The average molecular weight is 558 g/mol. The van der Waals surface area contributed by atoms with Gasteiger partial charge in [0.1, 0.15) is 10.3 Å². The van der Waals surface area contributed by atoms with Gasteiger partial charge in [0.05, 0.1) is 23.9 Å². The zero-order valence-electron chi connectivity index (χ0n) is 22.0. The summed E-state index contributed by atoms with van der Waals surface area (Å²) in [4.78, 5) is 49.8. The molecule has 0 aliphatic carbocycles. The quantitative estimate of drug-likeness (QED) is 0.448. The summed E-state index contributed by atoms with van der Waals surface area (Å²) in [5.41, 5.74) is 1.01.